The van der Waals surface area contributed by atoms with Crippen molar-refractivity contribution in [2.45, 2.75) is 51.1 Å². The zero-order valence-corrected chi connectivity index (χ0v) is 22.3. The van der Waals surface area contributed by atoms with Crippen LogP contribution < -0.4 is 9.54 Å². The number of amides is 1. The van der Waals surface area contributed by atoms with Gasteiger partial charge in [0, 0.05) is 6.54 Å². The molecular weight excluding hydrogens is 502 g/mol. The first-order chi connectivity index (χ1) is 17.1. The highest BCUT2D eigenvalue weighted by molar-refractivity contribution is 7.89. The molecule has 1 aliphatic rings. The highest BCUT2D eigenvalue weighted by Gasteiger charge is 2.39. The molecule has 0 aliphatic carbocycles. The van der Waals surface area contributed by atoms with Crippen LogP contribution in [0.15, 0.2) is 46.3 Å². The van der Waals surface area contributed by atoms with Crippen LogP contribution in [0.1, 0.15) is 30.9 Å². The van der Waals surface area contributed by atoms with Crippen LogP contribution in [0.5, 0.6) is 5.75 Å². The number of hydrogen-bond acceptors (Lipinski definition) is 7. The van der Waals surface area contributed by atoms with Crippen LogP contribution in [-0.2, 0) is 30.9 Å². The number of aromatic nitrogens is 1. The fourth-order valence-electron chi connectivity index (χ4n) is 4.41. The van der Waals surface area contributed by atoms with Crippen molar-refractivity contribution in [3.63, 3.8) is 0 Å². The van der Waals surface area contributed by atoms with Crippen LogP contribution in [0.3, 0.4) is 0 Å². The highest BCUT2D eigenvalue weighted by atomic mass is 32.2. The van der Waals surface area contributed by atoms with E-state index < -0.39 is 27.9 Å². The second kappa shape index (κ2) is 10.5. The number of thiazole rings is 1. The fraction of sp³-hybridized carbons (Fsp3) is 0.400. The number of ether oxygens (including phenoxy) is 2. The molecule has 1 aromatic heterocycles. The Kier molecular flexibility index (Phi) is 7.62. The molecule has 3 aromatic rings. The summed E-state index contributed by atoms with van der Waals surface area (Å²) in [5.41, 5.74) is 2.80. The lowest BCUT2D eigenvalue weighted by molar-refractivity contribution is -0.143. The second-order valence-electron chi connectivity index (χ2n) is 8.61. The molecule has 36 heavy (non-hydrogen) atoms. The Bertz CT molecular complexity index is 1470. The van der Waals surface area contributed by atoms with E-state index in [4.69, 9.17) is 9.47 Å². The molecular formula is C25H29N3O6S2. The molecule has 0 bridgehead atoms. The number of carbonyl (C=O) groups excluding carboxylic acids is 2. The van der Waals surface area contributed by atoms with Gasteiger partial charge in [-0.3, -0.25) is 9.59 Å². The van der Waals surface area contributed by atoms with Gasteiger partial charge in [-0.15, -0.1) is 0 Å². The van der Waals surface area contributed by atoms with Crippen molar-refractivity contribution in [3.8, 4) is 5.75 Å². The van der Waals surface area contributed by atoms with Crippen molar-refractivity contribution in [2.24, 2.45) is 4.99 Å². The van der Waals surface area contributed by atoms with Gasteiger partial charge < -0.3 is 14.0 Å². The maximum Gasteiger partial charge on any atom is 0.326 e. The SMILES string of the molecule is CCOC(=O)Cn1c(=NC(=O)C2CCCN2S(=O)(=O)c2ccc(OC)cc2)sc2c(C)cc(C)cc21. The molecule has 9 nitrogen and oxygen atoms in total. The topological polar surface area (TPSA) is 107 Å². The predicted octanol–water partition coefficient (Wildman–Crippen LogP) is 3.17. The number of esters is 1. The number of rotatable bonds is 7. The van der Waals surface area contributed by atoms with E-state index in [0.29, 0.717) is 23.4 Å². The average Bonchev–Trinajstić information content (AvgIpc) is 3.46. The van der Waals surface area contributed by atoms with Crippen molar-refractivity contribution in [3.05, 3.63) is 52.3 Å². The Morgan fingerprint density at radius 3 is 2.56 bits per heavy atom. The van der Waals surface area contributed by atoms with Crippen molar-refractivity contribution in [1.29, 1.82) is 0 Å². The Hall–Kier alpha value is -3.02. The Balaban J connectivity index is 1.74. The summed E-state index contributed by atoms with van der Waals surface area (Å²) in [7, 11) is -2.40. The van der Waals surface area contributed by atoms with E-state index in [0.717, 1.165) is 21.3 Å². The van der Waals surface area contributed by atoms with Gasteiger partial charge in [-0.05, 0) is 75.1 Å². The van der Waals surface area contributed by atoms with Crippen LogP contribution in [0.25, 0.3) is 10.2 Å². The first kappa shape index (κ1) is 26.1. The number of nitrogens with zero attached hydrogens (tertiary/aromatic N) is 3. The molecule has 1 atom stereocenters. The van der Waals surface area contributed by atoms with Crippen LogP contribution in [0.4, 0.5) is 0 Å². The maximum absolute atomic E-state index is 13.4. The lowest BCUT2D eigenvalue weighted by Crippen LogP contribution is -2.40. The van der Waals surface area contributed by atoms with Crippen molar-refractivity contribution < 1.29 is 27.5 Å². The Morgan fingerprint density at radius 1 is 1.17 bits per heavy atom. The summed E-state index contributed by atoms with van der Waals surface area (Å²) in [6.07, 6.45) is 0.924. The molecule has 1 amide bonds. The number of carbonyl (C=O) groups is 2. The number of sulfonamides is 1. The largest absolute Gasteiger partial charge is 0.497 e. The van der Waals surface area contributed by atoms with E-state index in [1.165, 1.54) is 34.9 Å². The predicted molar refractivity (Wildman–Crippen MR) is 136 cm³/mol. The van der Waals surface area contributed by atoms with E-state index in [9.17, 15) is 18.0 Å². The molecule has 1 unspecified atom stereocenters. The molecule has 0 saturated carbocycles. The third kappa shape index (κ3) is 5.09. The zero-order chi connectivity index (χ0) is 26.0. The number of aryl methyl sites for hydroxylation is 2. The van der Waals surface area contributed by atoms with Crippen LogP contribution in [-0.4, -0.2) is 55.5 Å². The van der Waals surface area contributed by atoms with Gasteiger partial charge in [-0.2, -0.15) is 9.30 Å². The van der Waals surface area contributed by atoms with Crippen LogP contribution >= 0.6 is 11.3 Å². The van der Waals surface area contributed by atoms with Crippen molar-refractivity contribution >= 4 is 43.5 Å². The molecule has 2 aromatic carbocycles. The van der Waals surface area contributed by atoms with Gasteiger partial charge >= 0.3 is 5.97 Å². The van der Waals surface area contributed by atoms with E-state index in [-0.39, 0.29) is 24.6 Å². The molecule has 0 N–H and O–H groups in total. The summed E-state index contributed by atoms with van der Waals surface area (Å²) < 4.78 is 40.7. The minimum absolute atomic E-state index is 0.0911. The van der Waals surface area contributed by atoms with Gasteiger partial charge in [-0.25, -0.2) is 8.42 Å². The summed E-state index contributed by atoms with van der Waals surface area (Å²) in [4.78, 5) is 30.5. The quantitative estimate of drug-likeness (QED) is 0.434. The number of benzene rings is 2. The van der Waals surface area contributed by atoms with E-state index >= 15 is 0 Å². The molecule has 11 heteroatoms. The molecule has 1 saturated heterocycles. The van der Waals surface area contributed by atoms with Gasteiger partial charge in [0.05, 0.1) is 28.8 Å². The summed E-state index contributed by atoms with van der Waals surface area (Å²) in [5, 5.41) is 0. The third-order valence-electron chi connectivity index (χ3n) is 6.07. The summed E-state index contributed by atoms with van der Waals surface area (Å²) in [6, 6.07) is 9.14. The molecule has 1 fully saturated rings. The van der Waals surface area contributed by atoms with E-state index in [1.807, 2.05) is 26.0 Å². The maximum atomic E-state index is 13.4. The average molecular weight is 532 g/mol. The smallest absolute Gasteiger partial charge is 0.326 e. The Morgan fingerprint density at radius 2 is 1.89 bits per heavy atom. The summed E-state index contributed by atoms with van der Waals surface area (Å²) >= 11 is 1.30. The van der Waals surface area contributed by atoms with Crippen molar-refractivity contribution in [2.75, 3.05) is 20.3 Å². The number of hydrogen-bond donors (Lipinski definition) is 0. The standard InChI is InChI=1S/C25H29N3O6S2/c1-5-34-22(29)15-27-21-14-16(2)13-17(3)23(21)35-25(27)26-24(30)20-7-6-12-28(20)36(31,32)19-10-8-18(33-4)9-11-19/h8-11,13-14,20H,5-7,12,15H2,1-4H3. The minimum atomic E-state index is -3.90. The van der Waals surface area contributed by atoms with Crippen LogP contribution in [0, 0.1) is 13.8 Å². The molecule has 4 rings (SSSR count). The van der Waals surface area contributed by atoms with Gasteiger partial charge in [-0.1, -0.05) is 17.4 Å². The van der Waals surface area contributed by atoms with Crippen molar-refractivity contribution in [1.82, 2.24) is 8.87 Å². The second-order valence-corrected chi connectivity index (χ2v) is 11.5. The van der Waals surface area contributed by atoms with Crippen LogP contribution in [0.2, 0.25) is 0 Å². The summed E-state index contributed by atoms with van der Waals surface area (Å²) in [6.45, 7) is 6.03. The number of fused-ring (bicyclic) bond motifs is 1. The molecule has 0 radical (unpaired) electrons. The first-order valence-electron chi connectivity index (χ1n) is 11.7. The van der Waals surface area contributed by atoms with E-state index in [2.05, 4.69) is 4.99 Å². The lowest BCUT2D eigenvalue weighted by Gasteiger charge is -2.21. The van der Waals surface area contributed by atoms with Gasteiger partial charge in [0.25, 0.3) is 5.91 Å². The summed E-state index contributed by atoms with van der Waals surface area (Å²) in [5.74, 6) is -0.447. The third-order valence-corrected chi connectivity index (χ3v) is 9.22. The monoisotopic (exact) mass is 531 g/mol. The number of methoxy groups -OCH3 is 1. The normalized spacial score (nSPS) is 17.0. The molecule has 0 spiro atoms. The van der Waals surface area contributed by atoms with Gasteiger partial charge in [0.15, 0.2) is 4.80 Å². The van der Waals surface area contributed by atoms with Gasteiger partial charge in [0.2, 0.25) is 10.0 Å². The van der Waals surface area contributed by atoms with E-state index in [1.54, 1.807) is 23.6 Å². The minimum Gasteiger partial charge on any atom is -0.497 e. The molecule has 192 valence electrons. The molecule has 2 heterocycles. The lowest BCUT2D eigenvalue weighted by atomic mass is 10.1. The zero-order valence-electron chi connectivity index (χ0n) is 20.7. The Labute approximate surface area is 214 Å². The highest BCUT2D eigenvalue weighted by Crippen LogP contribution is 2.28. The van der Waals surface area contributed by atoms with Gasteiger partial charge in [0.1, 0.15) is 18.3 Å². The molecule has 1 aliphatic heterocycles. The fourth-order valence-corrected chi connectivity index (χ4v) is 7.15. The first-order valence-corrected chi connectivity index (χ1v) is 13.9.